The molecule has 0 aliphatic rings. The SMILES string of the molecule is CCCOc1cc(C=C(C(=O)OC)S(=O)(=O)c2ccc(Br)cc2)ccc1OC. The Bertz CT molecular complexity index is 965. The summed E-state index contributed by atoms with van der Waals surface area (Å²) >= 11 is 3.26. The molecule has 0 saturated carbocycles. The summed E-state index contributed by atoms with van der Waals surface area (Å²) in [6.45, 7) is 2.45. The van der Waals surface area contributed by atoms with Gasteiger partial charge in [0.2, 0.25) is 9.84 Å². The third kappa shape index (κ3) is 5.14. The van der Waals surface area contributed by atoms with Crippen LogP contribution in [0.5, 0.6) is 11.5 Å². The molecule has 0 fully saturated rings. The lowest BCUT2D eigenvalue weighted by Gasteiger charge is -2.12. The first-order valence-electron chi connectivity index (χ1n) is 8.45. The summed E-state index contributed by atoms with van der Waals surface area (Å²) in [7, 11) is -1.43. The Morgan fingerprint density at radius 2 is 1.75 bits per heavy atom. The number of sulfone groups is 1. The Hall–Kier alpha value is -2.32. The maximum absolute atomic E-state index is 13.0. The molecule has 2 aromatic carbocycles. The molecule has 28 heavy (non-hydrogen) atoms. The zero-order valence-corrected chi connectivity index (χ0v) is 18.2. The molecule has 0 amide bonds. The van der Waals surface area contributed by atoms with Crippen molar-refractivity contribution in [3.8, 4) is 11.5 Å². The second-order valence-corrected chi connectivity index (χ2v) is 8.55. The van der Waals surface area contributed by atoms with E-state index < -0.39 is 20.7 Å². The smallest absolute Gasteiger partial charge is 0.349 e. The summed E-state index contributed by atoms with van der Waals surface area (Å²) in [5, 5.41) is 0. The normalized spacial score (nSPS) is 11.8. The highest BCUT2D eigenvalue weighted by atomic mass is 79.9. The number of methoxy groups -OCH3 is 2. The van der Waals surface area contributed by atoms with Crippen molar-refractivity contribution in [2.45, 2.75) is 18.2 Å². The van der Waals surface area contributed by atoms with Gasteiger partial charge >= 0.3 is 5.97 Å². The molecule has 0 saturated heterocycles. The van der Waals surface area contributed by atoms with Crippen LogP contribution in [-0.2, 0) is 19.4 Å². The molecule has 0 unspecified atom stereocenters. The van der Waals surface area contributed by atoms with Crippen LogP contribution in [0, 0.1) is 0 Å². The zero-order valence-electron chi connectivity index (χ0n) is 15.8. The van der Waals surface area contributed by atoms with Gasteiger partial charge in [0, 0.05) is 4.47 Å². The van der Waals surface area contributed by atoms with Crippen LogP contribution in [0.1, 0.15) is 18.9 Å². The molecular formula is C20H21BrO6S. The van der Waals surface area contributed by atoms with E-state index in [0.29, 0.717) is 23.7 Å². The van der Waals surface area contributed by atoms with E-state index in [1.807, 2.05) is 6.92 Å². The monoisotopic (exact) mass is 468 g/mol. The molecule has 2 rings (SSSR count). The van der Waals surface area contributed by atoms with Gasteiger partial charge in [-0.05, 0) is 54.5 Å². The molecule has 0 N–H and O–H groups in total. The molecule has 0 heterocycles. The first kappa shape index (κ1) is 22.0. The van der Waals surface area contributed by atoms with Crippen LogP contribution >= 0.6 is 15.9 Å². The fourth-order valence-corrected chi connectivity index (χ4v) is 3.95. The molecule has 0 spiro atoms. The number of benzene rings is 2. The minimum Gasteiger partial charge on any atom is -0.493 e. The second-order valence-electron chi connectivity index (χ2n) is 5.72. The molecule has 0 bridgehead atoms. The number of carbonyl (C=O) groups is 1. The molecule has 0 atom stereocenters. The number of esters is 1. The summed E-state index contributed by atoms with van der Waals surface area (Å²) < 4.78 is 42.3. The molecule has 150 valence electrons. The maximum atomic E-state index is 13.0. The Balaban J connectivity index is 2.55. The number of ether oxygens (including phenoxy) is 3. The van der Waals surface area contributed by atoms with Crippen LogP contribution in [0.15, 0.2) is 56.7 Å². The van der Waals surface area contributed by atoms with E-state index in [1.165, 1.54) is 25.3 Å². The van der Waals surface area contributed by atoms with Crippen LogP contribution in [-0.4, -0.2) is 35.2 Å². The largest absolute Gasteiger partial charge is 0.493 e. The summed E-state index contributed by atoms with van der Waals surface area (Å²) in [6.07, 6.45) is 2.07. The van der Waals surface area contributed by atoms with Gasteiger partial charge in [0.15, 0.2) is 16.4 Å². The van der Waals surface area contributed by atoms with E-state index in [2.05, 4.69) is 15.9 Å². The van der Waals surface area contributed by atoms with E-state index in [1.54, 1.807) is 30.3 Å². The lowest BCUT2D eigenvalue weighted by molar-refractivity contribution is -0.135. The van der Waals surface area contributed by atoms with Gasteiger partial charge in [-0.2, -0.15) is 0 Å². The van der Waals surface area contributed by atoms with Gasteiger partial charge in [-0.1, -0.05) is 28.9 Å². The van der Waals surface area contributed by atoms with Gasteiger partial charge in [0.05, 0.1) is 25.7 Å². The molecule has 0 aliphatic carbocycles. The molecule has 6 nitrogen and oxygen atoms in total. The Morgan fingerprint density at radius 3 is 2.32 bits per heavy atom. The molecule has 2 aromatic rings. The van der Waals surface area contributed by atoms with Crippen LogP contribution in [0.4, 0.5) is 0 Å². The van der Waals surface area contributed by atoms with Gasteiger partial charge in [-0.25, -0.2) is 13.2 Å². The Labute approximate surface area is 173 Å². The molecule has 0 aromatic heterocycles. The summed E-state index contributed by atoms with van der Waals surface area (Å²) in [5.74, 6) is 0.0269. The highest BCUT2D eigenvalue weighted by molar-refractivity contribution is 9.10. The van der Waals surface area contributed by atoms with Crippen molar-refractivity contribution in [1.29, 1.82) is 0 Å². The molecule has 0 aliphatic heterocycles. The summed E-state index contributed by atoms with van der Waals surface area (Å²) in [6, 6.07) is 10.9. The number of halogens is 1. The van der Waals surface area contributed by atoms with Crippen LogP contribution < -0.4 is 9.47 Å². The minimum absolute atomic E-state index is 0.0108. The Morgan fingerprint density at radius 1 is 1.07 bits per heavy atom. The van der Waals surface area contributed by atoms with Gasteiger partial charge in [0.1, 0.15) is 0 Å². The fraction of sp³-hybridized carbons (Fsp3) is 0.250. The average Bonchev–Trinajstić information content (AvgIpc) is 2.70. The van der Waals surface area contributed by atoms with Crippen molar-refractivity contribution >= 4 is 37.8 Å². The fourth-order valence-electron chi connectivity index (χ4n) is 2.35. The van der Waals surface area contributed by atoms with E-state index >= 15 is 0 Å². The summed E-state index contributed by atoms with van der Waals surface area (Å²) in [4.78, 5) is 11.8. The Kier molecular flexibility index (Phi) is 7.65. The number of carbonyl (C=O) groups excluding carboxylic acids is 1. The van der Waals surface area contributed by atoms with Gasteiger partial charge in [0.25, 0.3) is 0 Å². The number of rotatable bonds is 8. The van der Waals surface area contributed by atoms with Crippen molar-refractivity contribution in [2.24, 2.45) is 0 Å². The quantitative estimate of drug-likeness (QED) is 0.425. The number of hydrogen-bond acceptors (Lipinski definition) is 6. The third-order valence-corrected chi connectivity index (χ3v) is 6.03. The highest BCUT2D eigenvalue weighted by Gasteiger charge is 2.28. The lowest BCUT2D eigenvalue weighted by Crippen LogP contribution is -2.15. The lowest BCUT2D eigenvalue weighted by atomic mass is 10.2. The summed E-state index contributed by atoms with van der Waals surface area (Å²) in [5.41, 5.74) is 0.466. The van der Waals surface area contributed by atoms with E-state index in [4.69, 9.17) is 14.2 Å². The van der Waals surface area contributed by atoms with E-state index in [9.17, 15) is 13.2 Å². The van der Waals surface area contributed by atoms with E-state index in [0.717, 1.165) is 18.0 Å². The zero-order chi connectivity index (χ0) is 20.7. The van der Waals surface area contributed by atoms with Crippen molar-refractivity contribution in [1.82, 2.24) is 0 Å². The minimum atomic E-state index is -4.08. The predicted octanol–water partition coefficient (Wildman–Crippen LogP) is 4.23. The molecular weight excluding hydrogens is 448 g/mol. The van der Waals surface area contributed by atoms with Gasteiger partial charge < -0.3 is 14.2 Å². The average molecular weight is 469 g/mol. The molecule has 8 heteroatoms. The number of hydrogen-bond donors (Lipinski definition) is 0. The topological polar surface area (TPSA) is 78.9 Å². The van der Waals surface area contributed by atoms with Crippen LogP contribution in [0.3, 0.4) is 0 Å². The third-order valence-electron chi connectivity index (χ3n) is 3.75. The molecule has 0 radical (unpaired) electrons. The first-order valence-corrected chi connectivity index (χ1v) is 10.7. The van der Waals surface area contributed by atoms with Crippen molar-refractivity contribution < 1.29 is 27.4 Å². The maximum Gasteiger partial charge on any atom is 0.349 e. The van der Waals surface area contributed by atoms with Crippen molar-refractivity contribution in [3.63, 3.8) is 0 Å². The van der Waals surface area contributed by atoms with Crippen LogP contribution in [0.2, 0.25) is 0 Å². The van der Waals surface area contributed by atoms with Gasteiger partial charge in [-0.3, -0.25) is 0 Å². The standard InChI is InChI=1S/C20H21BrO6S/c1-4-11-27-18-12-14(5-10-17(18)25-2)13-19(20(22)26-3)28(23,24)16-8-6-15(21)7-9-16/h5-10,12-13H,4,11H2,1-3H3. The van der Waals surface area contributed by atoms with Crippen molar-refractivity contribution in [2.75, 3.05) is 20.8 Å². The second kappa shape index (κ2) is 9.75. The predicted molar refractivity (Wildman–Crippen MR) is 110 cm³/mol. The van der Waals surface area contributed by atoms with Gasteiger partial charge in [-0.15, -0.1) is 0 Å². The van der Waals surface area contributed by atoms with E-state index in [-0.39, 0.29) is 4.90 Å². The first-order chi connectivity index (χ1) is 13.3. The highest BCUT2D eigenvalue weighted by Crippen LogP contribution is 2.31. The van der Waals surface area contributed by atoms with Crippen LogP contribution in [0.25, 0.3) is 6.08 Å². The van der Waals surface area contributed by atoms with Crippen molar-refractivity contribution in [3.05, 3.63) is 57.4 Å².